The van der Waals surface area contributed by atoms with Gasteiger partial charge in [0.1, 0.15) is 0 Å². The van der Waals surface area contributed by atoms with E-state index in [2.05, 4.69) is 33.0 Å². The second kappa shape index (κ2) is 5.92. The molecular formula is C12H24N2OS. The van der Waals surface area contributed by atoms with Crippen molar-refractivity contribution in [1.82, 2.24) is 10.2 Å². The Kier molecular flexibility index (Phi) is 5.12. The van der Waals surface area contributed by atoms with E-state index in [9.17, 15) is 4.79 Å². The molecule has 16 heavy (non-hydrogen) atoms. The van der Waals surface area contributed by atoms with Gasteiger partial charge >= 0.3 is 0 Å². The Morgan fingerprint density at radius 1 is 1.50 bits per heavy atom. The average molecular weight is 244 g/mol. The summed E-state index contributed by atoms with van der Waals surface area (Å²) < 4.78 is 0.222. The summed E-state index contributed by atoms with van der Waals surface area (Å²) in [5.41, 5.74) is 0. The van der Waals surface area contributed by atoms with E-state index in [1.807, 2.05) is 16.7 Å². The van der Waals surface area contributed by atoms with Crippen molar-refractivity contribution in [3.8, 4) is 0 Å². The van der Waals surface area contributed by atoms with Crippen LogP contribution < -0.4 is 5.32 Å². The molecule has 4 heteroatoms. The van der Waals surface area contributed by atoms with Crippen LogP contribution in [0.2, 0.25) is 0 Å². The fourth-order valence-corrected chi connectivity index (χ4v) is 2.97. The molecule has 1 fully saturated rings. The smallest absolute Gasteiger partial charge is 0.223 e. The van der Waals surface area contributed by atoms with Crippen LogP contribution in [0.1, 0.15) is 34.1 Å². The highest BCUT2D eigenvalue weighted by atomic mass is 32.2. The van der Waals surface area contributed by atoms with E-state index in [1.54, 1.807) is 0 Å². The highest BCUT2D eigenvalue weighted by Crippen LogP contribution is 2.29. The zero-order valence-electron chi connectivity index (χ0n) is 10.9. The molecule has 0 aromatic heterocycles. The minimum absolute atomic E-state index is 0.222. The van der Waals surface area contributed by atoms with Gasteiger partial charge in [-0.05, 0) is 13.8 Å². The number of carbonyl (C=O) groups is 1. The molecule has 1 amide bonds. The first-order valence-corrected chi connectivity index (χ1v) is 7.04. The van der Waals surface area contributed by atoms with E-state index in [1.165, 1.54) is 0 Å². The highest BCUT2D eigenvalue weighted by molar-refractivity contribution is 8.00. The normalized spacial score (nSPS) is 20.2. The molecule has 0 spiro atoms. The molecule has 0 aromatic carbocycles. The van der Waals surface area contributed by atoms with Crippen molar-refractivity contribution < 1.29 is 4.79 Å². The van der Waals surface area contributed by atoms with Crippen molar-refractivity contribution in [2.45, 2.75) is 44.9 Å². The summed E-state index contributed by atoms with van der Waals surface area (Å²) in [5.74, 6) is 1.36. The van der Waals surface area contributed by atoms with Crippen molar-refractivity contribution >= 4 is 17.7 Å². The maximum atomic E-state index is 11.9. The van der Waals surface area contributed by atoms with Crippen molar-refractivity contribution in [3.63, 3.8) is 0 Å². The second-order valence-corrected chi connectivity index (χ2v) is 7.08. The van der Waals surface area contributed by atoms with Gasteiger partial charge < -0.3 is 10.2 Å². The lowest BCUT2D eigenvalue weighted by molar-refractivity contribution is -0.131. The molecule has 0 bridgehead atoms. The molecule has 1 aliphatic rings. The Bertz CT molecular complexity index is 241. The van der Waals surface area contributed by atoms with Crippen LogP contribution in [-0.2, 0) is 4.79 Å². The van der Waals surface area contributed by atoms with Crippen LogP contribution in [0.4, 0.5) is 0 Å². The minimum Gasteiger partial charge on any atom is -0.340 e. The van der Waals surface area contributed by atoms with Crippen LogP contribution in [0, 0.1) is 0 Å². The number of thioether (sulfide) groups is 1. The van der Waals surface area contributed by atoms with Gasteiger partial charge in [-0.15, -0.1) is 0 Å². The summed E-state index contributed by atoms with van der Waals surface area (Å²) in [6.45, 7) is 11.2. The Morgan fingerprint density at radius 2 is 2.19 bits per heavy atom. The Morgan fingerprint density at radius 3 is 2.75 bits per heavy atom. The summed E-state index contributed by atoms with van der Waals surface area (Å²) in [7, 11) is 0. The van der Waals surface area contributed by atoms with Crippen LogP contribution in [0.5, 0.6) is 0 Å². The molecule has 1 rings (SSSR count). The van der Waals surface area contributed by atoms with Crippen LogP contribution >= 0.6 is 11.8 Å². The molecular weight excluding hydrogens is 220 g/mol. The van der Waals surface area contributed by atoms with Crippen molar-refractivity contribution in [3.05, 3.63) is 0 Å². The van der Waals surface area contributed by atoms with E-state index < -0.39 is 0 Å². The van der Waals surface area contributed by atoms with Gasteiger partial charge in [0.05, 0.1) is 0 Å². The van der Waals surface area contributed by atoms with Gasteiger partial charge in [-0.1, -0.05) is 13.8 Å². The zero-order chi connectivity index (χ0) is 12.2. The molecule has 0 radical (unpaired) electrons. The lowest BCUT2D eigenvalue weighted by atomic mass is 10.1. The molecule has 0 aliphatic carbocycles. The number of hydrogen-bond acceptors (Lipinski definition) is 3. The summed E-state index contributed by atoms with van der Waals surface area (Å²) in [6, 6.07) is 0.459. The van der Waals surface area contributed by atoms with Crippen LogP contribution in [-0.4, -0.2) is 47.0 Å². The summed E-state index contributed by atoms with van der Waals surface area (Å²) in [6.07, 6.45) is 0.624. The first-order chi connectivity index (χ1) is 7.41. The van der Waals surface area contributed by atoms with Gasteiger partial charge in [-0.2, -0.15) is 11.8 Å². The summed E-state index contributed by atoms with van der Waals surface area (Å²) in [4.78, 5) is 14.0. The Balaban J connectivity index is 2.31. The molecule has 1 N–H and O–H groups in total. The van der Waals surface area contributed by atoms with Gasteiger partial charge in [0.2, 0.25) is 5.91 Å². The zero-order valence-corrected chi connectivity index (χ0v) is 11.7. The number of amides is 1. The van der Waals surface area contributed by atoms with Gasteiger partial charge in [-0.3, -0.25) is 4.79 Å². The third kappa shape index (κ3) is 4.74. The average Bonchev–Trinajstić information content (AvgIpc) is 2.15. The lowest BCUT2D eigenvalue weighted by Crippen LogP contribution is -2.46. The quantitative estimate of drug-likeness (QED) is 0.817. The molecule has 0 atom stereocenters. The first-order valence-electron chi connectivity index (χ1n) is 6.06. The molecule has 0 saturated carbocycles. The van der Waals surface area contributed by atoms with Crippen LogP contribution in [0.15, 0.2) is 0 Å². The molecule has 0 aromatic rings. The van der Waals surface area contributed by atoms with Crippen LogP contribution in [0.25, 0.3) is 0 Å². The molecule has 3 nitrogen and oxygen atoms in total. The fraction of sp³-hybridized carbons (Fsp3) is 0.917. The van der Waals surface area contributed by atoms with Crippen molar-refractivity contribution in [2.24, 2.45) is 0 Å². The number of carbonyl (C=O) groups excluding carboxylic acids is 1. The van der Waals surface area contributed by atoms with Crippen LogP contribution in [0.3, 0.4) is 0 Å². The number of nitrogens with zero attached hydrogens (tertiary/aromatic N) is 1. The highest BCUT2D eigenvalue weighted by Gasteiger charge is 2.29. The maximum Gasteiger partial charge on any atom is 0.223 e. The molecule has 0 unspecified atom stereocenters. The third-order valence-corrected chi connectivity index (χ3v) is 3.97. The first kappa shape index (κ1) is 13.8. The Labute approximate surface area is 103 Å². The minimum atomic E-state index is 0.222. The molecule has 1 heterocycles. The van der Waals surface area contributed by atoms with E-state index >= 15 is 0 Å². The Hall–Kier alpha value is -0.220. The summed E-state index contributed by atoms with van der Waals surface area (Å²) >= 11 is 1.96. The van der Waals surface area contributed by atoms with Gasteiger partial charge in [-0.25, -0.2) is 0 Å². The van der Waals surface area contributed by atoms with Gasteiger partial charge in [0, 0.05) is 42.6 Å². The molecule has 1 saturated heterocycles. The number of nitrogens with one attached hydrogen (secondary N) is 1. The van der Waals surface area contributed by atoms with Crippen molar-refractivity contribution in [2.75, 3.05) is 25.4 Å². The van der Waals surface area contributed by atoms with E-state index in [-0.39, 0.29) is 4.75 Å². The predicted octanol–water partition coefficient (Wildman–Crippen LogP) is 1.73. The number of rotatable bonds is 4. The monoisotopic (exact) mass is 244 g/mol. The third-order valence-electron chi connectivity index (χ3n) is 2.67. The second-order valence-electron chi connectivity index (χ2n) is 5.28. The molecule has 1 aliphatic heterocycles. The maximum absolute atomic E-state index is 11.9. The standard InChI is InChI=1S/C12H24N2OS/c1-10(2)13-6-5-11(15)14-7-8-16-12(3,4)9-14/h10,13H,5-9H2,1-4H3. The summed E-state index contributed by atoms with van der Waals surface area (Å²) in [5, 5.41) is 3.28. The number of hydrogen-bond donors (Lipinski definition) is 1. The van der Waals surface area contributed by atoms with Gasteiger partial charge in [0.15, 0.2) is 0 Å². The van der Waals surface area contributed by atoms with E-state index in [4.69, 9.17) is 0 Å². The van der Waals surface area contributed by atoms with Gasteiger partial charge in [0.25, 0.3) is 0 Å². The fourth-order valence-electron chi connectivity index (χ4n) is 1.86. The largest absolute Gasteiger partial charge is 0.340 e. The lowest BCUT2D eigenvalue weighted by Gasteiger charge is -2.37. The predicted molar refractivity (Wildman–Crippen MR) is 70.9 cm³/mol. The van der Waals surface area contributed by atoms with E-state index in [0.29, 0.717) is 18.4 Å². The van der Waals surface area contributed by atoms with Crippen molar-refractivity contribution in [1.29, 1.82) is 0 Å². The SMILES string of the molecule is CC(C)NCCC(=O)N1CCSC(C)(C)C1. The topological polar surface area (TPSA) is 32.3 Å². The molecule has 94 valence electrons. The van der Waals surface area contributed by atoms with E-state index in [0.717, 1.165) is 25.4 Å².